The summed E-state index contributed by atoms with van der Waals surface area (Å²) in [6, 6.07) is 7.55. The molecule has 0 saturated carbocycles. The smallest absolute Gasteiger partial charge is 0.184 e. The Hall–Kier alpha value is -1.85. The van der Waals surface area contributed by atoms with Crippen molar-refractivity contribution in [2.75, 3.05) is 13.2 Å². The van der Waals surface area contributed by atoms with Crippen molar-refractivity contribution in [2.45, 2.75) is 19.4 Å². The lowest BCUT2D eigenvalue weighted by atomic mass is 9.98. The molecule has 0 saturated heterocycles. The Bertz CT molecular complexity index is 637. The molecule has 1 aromatic heterocycles. The van der Waals surface area contributed by atoms with Crippen LogP contribution in [0.1, 0.15) is 35.6 Å². The Morgan fingerprint density at radius 1 is 1.43 bits per heavy atom. The average Bonchev–Trinajstić information content (AvgIpc) is 2.92. The molecule has 2 aromatic rings. The zero-order valence-corrected chi connectivity index (χ0v) is 12.3. The van der Waals surface area contributed by atoms with Gasteiger partial charge in [0.2, 0.25) is 0 Å². The van der Waals surface area contributed by atoms with E-state index >= 15 is 0 Å². The molecule has 1 unspecified atom stereocenters. The quantitative estimate of drug-likeness (QED) is 0.642. The third-order valence-corrected chi connectivity index (χ3v) is 3.53. The maximum Gasteiger partial charge on any atom is 0.184 e. The third-order valence-electron chi connectivity index (χ3n) is 3.28. The molecule has 6 heteroatoms. The van der Waals surface area contributed by atoms with Gasteiger partial charge in [0, 0.05) is 17.0 Å². The zero-order chi connectivity index (χ0) is 14.7. The van der Waals surface area contributed by atoms with Gasteiger partial charge in [-0.25, -0.2) is 0 Å². The standard InChI is InChI=1S/C15H15ClN2O3/c1-2-20-17-9-13-12-7-8-19-15(14(12)18-21-13)10-3-5-11(16)6-4-10/h3-6,9,15H,2,7-8H2,1H3. The molecule has 2 heterocycles. The first-order valence-electron chi connectivity index (χ1n) is 6.80. The number of benzene rings is 1. The van der Waals surface area contributed by atoms with E-state index in [2.05, 4.69) is 10.3 Å². The Labute approximate surface area is 127 Å². The predicted molar refractivity (Wildman–Crippen MR) is 78.7 cm³/mol. The van der Waals surface area contributed by atoms with Crippen molar-refractivity contribution in [1.82, 2.24) is 5.16 Å². The number of ether oxygens (including phenoxy) is 1. The summed E-state index contributed by atoms with van der Waals surface area (Å²) in [5, 5.41) is 8.66. The van der Waals surface area contributed by atoms with Crippen LogP contribution in [-0.4, -0.2) is 24.6 Å². The highest BCUT2D eigenvalue weighted by molar-refractivity contribution is 6.30. The van der Waals surface area contributed by atoms with E-state index in [0.29, 0.717) is 24.0 Å². The van der Waals surface area contributed by atoms with Gasteiger partial charge in [0.15, 0.2) is 5.76 Å². The summed E-state index contributed by atoms with van der Waals surface area (Å²) < 4.78 is 11.2. The van der Waals surface area contributed by atoms with Gasteiger partial charge < -0.3 is 14.1 Å². The van der Waals surface area contributed by atoms with Crippen molar-refractivity contribution in [2.24, 2.45) is 5.16 Å². The molecule has 5 nitrogen and oxygen atoms in total. The Balaban J connectivity index is 1.90. The number of oxime groups is 1. The zero-order valence-electron chi connectivity index (χ0n) is 11.6. The monoisotopic (exact) mass is 306 g/mol. The third kappa shape index (κ3) is 2.94. The molecule has 1 atom stereocenters. The van der Waals surface area contributed by atoms with Crippen LogP contribution in [0, 0.1) is 0 Å². The molecule has 110 valence electrons. The topological polar surface area (TPSA) is 56.9 Å². The molecule has 0 spiro atoms. The Morgan fingerprint density at radius 2 is 2.24 bits per heavy atom. The summed E-state index contributed by atoms with van der Waals surface area (Å²) in [6.07, 6.45) is 2.07. The number of hydrogen-bond donors (Lipinski definition) is 0. The number of aromatic nitrogens is 1. The Morgan fingerprint density at radius 3 is 3.00 bits per heavy atom. The van der Waals surface area contributed by atoms with Gasteiger partial charge in [-0.2, -0.15) is 0 Å². The fourth-order valence-corrected chi connectivity index (χ4v) is 2.43. The first kappa shape index (κ1) is 14.1. The largest absolute Gasteiger partial charge is 0.396 e. The van der Waals surface area contributed by atoms with Crippen molar-refractivity contribution >= 4 is 17.8 Å². The molecule has 0 fully saturated rings. The number of nitrogens with zero attached hydrogens (tertiary/aromatic N) is 2. The highest BCUT2D eigenvalue weighted by Crippen LogP contribution is 2.33. The molecule has 1 aromatic carbocycles. The van der Waals surface area contributed by atoms with Crippen LogP contribution in [0.3, 0.4) is 0 Å². The molecular formula is C15H15ClN2O3. The normalized spacial score (nSPS) is 17.9. The highest BCUT2D eigenvalue weighted by Gasteiger charge is 2.29. The first-order chi connectivity index (χ1) is 10.3. The van der Waals surface area contributed by atoms with Crippen LogP contribution in [0.2, 0.25) is 5.02 Å². The van der Waals surface area contributed by atoms with E-state index in [9.17, 15) is 0 Å². The molecule has 1 aliphatic rings. The van der Waals surface area contributed by atoms with Crippen molar-refractivity contribution in [1.29, 1.82) is 0 Å². The lowest BCUT2D eigenvalue weighted by Crippen LogP contribution is -2.17. The number of halogens is 1. The first-order valence-corrected chi connectivity index (χ1v) is 7.18. The minimum absolute atomic E-state index is 0.232. The second-order valence-corrected chi connectivity index (χ2v) is 5.05. The number of rotatable bonds is 4. The molecular weight excluding hydrogens is 292 g/mol. The van der Waals surface area contributed by atoms with Gasteiger partial charge in [0.25, 0.3) is 0 Å². The lowest BCUT2D eigenvalue weighted by molar-refractivity contribution is 0.0657. The fraction of sp³-hybridized carbons (Fsp3) is 0.333. The Kier molecular flexibility index (Phi) is 4.22. The van der Waals surface area contributed by atoms with Crippen LogP contribution in [0.5, 0.6) is 0 Å². The van der Waals surface area contributed by atoms with Crippen molar-refractivity contribution in [3.63, 3.8) is 0 Å². The molecule has 0 N–H and O–H groups in total. The number of hydrogen-bond acceptors (Lipinski definition) is 5. The van der Waals surface area contributed by atoms with Crippen LogP contribution in [-0.2, 0) is 16.0 Å². The van der Waals surface area contributed by atoms with E-state index < -0.39 is 0 Å². The molecule has 0 radical (unpaired) electrons. The van der Waals surface area contributed by atoms with E-state index in [0.717, 1.165) is 23.2 Å². The predicted octanol–water partition coefficient (Wildman–Crippen LogP) is 3.36. The van der Waals surface area contributed by atoms with Gasteiger partial charge >= 0.3 is 0 Å². The van der Waals surface area contributed by atoms with E-state index in [1.807, 2.05) is 31.2 Å². The van der Waals surface area contributed by atoms with Gasteiger partial charge in [0.1, 0.15) is 24.6 Å². The van der Waals surface area contributed by atoms with E-state index in [1.165, 1.54) is 0 Å². The maximum absolute atomic E-state index is 5.92. The van der Waals surface area contributed by atoms with E-state index in [-0.39, 0.29) is 6.10 Å². The van der Waals surface area contributed by atoms with Crippen molar-refractivity contribution in [3.8, 4) is 0 Å². The minimum Gasteiger partial charge on any atom is -0.396 e. The van der Waals surface area contributed by atoms with E-state index in [4.69, 9.17) is 25.7 Å². The second kappa shape index (κ2) is 6.28. The summed E-state index contributed by atoms with van der Waals surface area (Å²) in [4.78, 5) is 4.96. The van der Waals surface area contributed by atoms with Gasteiger partial charge in [-0.15, -0.1) is 0 Å². The molecule has 0 bridgehead atoms. The highest BCUT2D eigenvalue weighted by atomic mass is 35.5. The van der Waals surface area contributed by atoms with Crippen LogP contribution < -0.4 is 0 Å². The van der Waals surface area contributed by atoms with Crippen LogP contribution in [0.25, 0.3) is 0 Å². The fourth-order valence-electron chi connectivity index (χ4n) is 2.30. The van der Waals surface area contributed by atoms with Crippen LogP contribution in [0.4, 0.5) is 0 Å². The molecule has 3 rings (SSSR count). The summed E-state index contributed by atoms with van der Waals surface area (Å²) in [5.41, 5.74) is 2.81. The summed E-state index contributed by atoms with van der Waals surface area (Å²) in [7, 11) is 0. The average molecular weight is 307 g/mol. The minimum atomic E-state index is -0.232. The van der Waals surface area contributed by atoms with Gasteiger partial charge in [-0.05, 0) is 24.6 Å². The van der Waals surface area contributed by atoms with Crippen molar-refractivity contribution < 1.29 is 14.1 Å². The number of fused-ring (bicyclic) bond motifs is 1. The molecule has 0 amide bonds. The van der Waals surface area contributed by atoms with Crippen molar-refractivity contribution in [3.05, 3.63) is 51.9 Å². The summed E-state index contributed by atoms with van der Waals surface area (Å²) in [5.74, 6) is 0.626. The van der Waals surface area contributed by atoms with Gasteiger partial charge in [-0.3, -0.25) is 0 Å². The summed E-state index contributed by atoms with van der Waals surface area (Å²) >= 11 is 5.92. The van der Waals surface area contributed by atoms with E-state index in [1.54, 1.807) is 6.21 Å². The summed E-state index contributed by atoms with van der Waals surface area (Å²) in [6.45, 7) is 3.00. The lowest BCUT2D eigenvalue weighted by Gasteiger charge is -2.21. The molecule has 1 aliphatic heterocycles. The van der Waals surface area contributed by atoms with Gasteiger partial charge in [0.05, 0.1) is 6.61 Å². The molecule has 0 aliphatic carbocycles. The van der Waals surface area contributed by atoms with Crippen LogP contribution in [0.15, 0.2) is 33.9 Å². The SMILES string of the molecule is CCON=Cc1onc2c1CCOC2c1ccc(Cl)cc1. The maximum atomic E-state index is 5.92. The van der Waals surface area contributed by atoms with Gasteiger partial charge in [-0.1, -0.05) is 34.0 Å². The second-order valence-electron chi connectivity index (χ2n) is 4.62. The molecule has 21 heavy (non-hydrogen) atoms. The van der Waals surface area contributed by atoms with Crippen LogP contribution >= 0.6 is 11.6 Å².